The van der Waals surface area contributed by atoms with Crippen molar-refractivity contribution in [2.75, 3.05) is 6.54 Å². The van der Waals surface area contributed by atoms with Crippen molar-refractivity contribution in [3.05, 3.63) is 34.3 Å². The third-order valence-corrected chi connectivity index (χ3v) is 4.12. The Morgan fingerprint density at radius 3 is 2.82 bits per heavy atom. The van der Waals surface area contributed by atoms with Crippen LogP contribution in [-0.2, 0) is 0 Å². The van der Waals surface area contributed by atoms with E-state index in [1.54, 1.807) is 0 Å². The molecule has 1 atom stereocenters. The topological polar surface area (TPSA) is 12.0 Å². The van der Waals surface area contributed by atoms with E-state index in [2.05, 4.69) is 37.4 Å². The number of rotatable bonds is 6. The number of hydrogen-bond donors (Lipinski definition) is 1. The third kappa shape index (κ3) is 3.46. The van der Waals surface area contributed by atoms with Gasteiger partial charge in [-0.05, 0) is 43.4 Å². The van der Waals surface area contributed by atoms with Gasteiger partial charge in [0.1, 0.15) is 0 Å². The fourth-order valence-corrected chi connectivity index (χ4v) is 2.62. The maximum atomic E-state index is 6.41. The lowest BCUT2D eigenvalue weighted by atomic mass is 9.98. The second kappa shape index (κ2) is 5.88. The average Bonchev–Trinajstić information content (AvgIpc) is 3.12. The van der Waals surface area contributed by atoms with Crippen LogP contribution in [0.2, 0.25) is 5.02 Å². The molecule has 2 rings (SSSR count). The van der Waals surface area contributed by atoms with Crippen LogP contribution in [0, 0.1) is 12.8 Å². The Kier molecular flexibility index (Phi) is 4.47. The molecule has 0 heterocycles. The van der Waals surface area contributed by atoms with Gasteiger partial charge in [-0.15, -0.1) is 0 Å². The van der Waals surface area contributed by atoms with E-state index >= 15 is 0 Å². The van der Waals surface area contributed by atoms with Gasteiger partial charge in [0.05, 0.1) is 0 Å². The Hall–Kier alpha value is -0.530. The van der Waals surface area contributed by atoms with E-state index in [1.165, 1.54) is 36.8 Å². The molecule has 1 N–H and O–H groups in total. The molecular formula is C15H22ClN. The molecule has 0 aromatic heterocycles. The van der Waals surface area contributed by atoms with Crippen molar-refractivity contribution in [1.29, 1.82) is 0 Å². The van der Waals surface area contributed by atoms with Crippen LogP contribution in [0.4, 0.5) is 0 Å². The van der Waals surface area contributed by atoms with Crippen molar-refractivity contribution in [2.24, 2.45) is 5.92 Å². The van der Waals surface area contributed by atoms with Crippen molar-refractivity contribution in [3.8, 4) is 0 Å². The van der Waals surface area contributed by atoms with Gasteiger partial charge in [0.25, 0.3) is 0 Å². The van der Waals surface area contributed by atoms with Gasteiger partial charge in [0, 0.05) is 11.1 Å². The third-order valence-electron chi connectivity index (χ3n) is 3.61. The van der Waals surface area contributed by atoms with Crippen LogP contribution >= 0.6 is 11.6 Å². The van der Waals surface area contributed by atoms with Gasteiger partial charge in [-0.2, -0.15) is 0 Å². The predicted octanol–water partition coefficient (Wildman–Crippen LogP) is 4.49. The van der Waals surface area contributed by atoms with Crippen molar-refractivity contribution >= 4 is 11.6 Å². The van der Waals surface area contributed by atoms with Crippen molar-refractivity contribution in [3.63, 3.8) is 0 Å². The minimum Gasteiger partial charge on any atom is -0.310 e. The summed E-state index contributed by atoms with van der Waals surface area (Å²) in [6, 6.07) is 6.77. The summed E-state index contributed by atoms with van der Waals surface area (Å²) in [5, 5.41) is 4.50. The summed E-state index contributed by atoms with van der Waals surface area (Å²) in [4.78, 5) is 0. The quantitative estimate of drug-likeness (QED) is 0.786. The van der Waals surface area contributed by atoms with E-state index in [4.69, 9.17) is 11.6 Å². The molecule has 1 unspecified atom stereocenters. The first-order chi connectivity index (χ1) is 8.22. The number of benzene rings is 1. The predicted molar refractivity (Wildman–Crippen MR) is 74.6 cm³/mol. The zero-order chi connectivity index (χ0) is 12.3. The van der Waals surface area contributed by atoms with Crippen LogP contribution in [-0.4, -0.2) is 6.54 Å². The molecule has 0 spiro atoms. The van der Waals surface area contributed by atoms with Gasteiger partial charge in [0.15, 0.2) is 0 Å². The van der Waals surface area contributed by atoms with E-state index in [0.717, 1.165) is 17.5 Å². The van der Waals surface area contributed by atoms with Crippen LogP contribution in [0.1, 0.15) is 49.8 Å². The van der Waals surface area contributed by atoms with Gasteiger partial charge in [-0.25, -0.2) is 0 Å². The Labute approximate surface area is 110 Å². The molecule has 0 aliphatic heterocycles. The molecule has 0 bridgehead atoms. The number of aryl methyl sites for hydroxylation is 1. The van der Waals surface area contributed by atoms with E-state index in [-0.39, 0.29) is 0 Å². The van der Waals surface area contributed by atoms with Gasteiger partial charge in [-0.3, -0.25) is 0 Å². The molecule has 1 aliphatic carbocycles. The minimum atomic E-state index is 0.424. The molecule has 1 aromatic carbocycles. The molecule has 2 heteroatoms. The van der Waals surface area contributed by atoms with Crippen LogP contribution in [0.15, 0.2) is 18.2 Å². The van der Waals surface area contributed by atoms with Crippen LogP contribution < -0.4 is 5.32 Å². The maximum Gasteiger partial charge on any atom is 0.0482 e. The molecule has 0 radical (unpaired) electrons. The lowest BCUT2D eigenvalue weighted by Crippen LogP contribution is -2.21. The number of nitrogens with one attached hydrogen (secondary N) is 1. The maximum absolute atomic E-state index is 6.41. The molecule has 1 aliphatic rings. The van der Waals surface area contributed by atoms with Gasteiger partial charge < -0.3 is 5.32 Å². The Balaban J connectivity index is 2.09. The number of halogens is 1. The summed E-state index contributed by atoms with van der Waals surface area (Å²) < 4.78 is 0. The van der Waals surface area contributed by atoms with Crippen molar-refractivity contribution in [2.45, 2.75) is 45.6 Å². The SMILES string of the molecule is CCNC(CCC1CC1)c1cccc(C)c1Cl. The zero-order valence-corrected chi connectivity index (χ0v) is 11.6. The summed E-state index contributed by atoms with van der Waals surface area (Å²) in [5.74, 6) is 0.986. The average molecular weight is 252 g/mol. The zero-order valence-electron chi connectivity index (χ0n) is 10.8. The second-order valence-corrected chi connectivity index (χ2v) is 5.49. The summed E-state index contributed by atoms with van der Waals surface area (Å²) in [6.45, 7) is 5.24. The highest BCUT2D eigenvalue weighted by atomic mass is 35.5. The highest BCUT2D eigenvalue weighted by Gasteiger charge is 2.23. The normalized spacial score (nSPS) is 17.1. The van der Waals surface area contributed by atoms with Crippen LogP contribution in [0.5, 0.6) is 0 Å². The van der Waals surface area contributed by atoms with E-state index < -0.39 is 0 Å². The first-order valence-electron chi connectivity index (χ1n) is 6.70. The van der Waals surface area contributed by atoms with Gasteiger partial charge >= 0.3 is 0 Å². The van der Waals surface area contributed by atoms with E-state index in [1.807, 2.05) is 0 Å². The van der Waals surface area contributed by atoms with E-state index in [9.17, 15) is 0 Å². The van der Waals surface area contributed by atoms with Gasteiger partial charge in [-0.1, -0.05) is 49.6 Å². The largest absolute Gasteiger partial charge is 0.310 e. The summed E-state index contributed by atoms with van der Waals surface area (Å²) >= 11 is 6.41. The lowest BCUT2D eigenvalue weighted by molar-refractivity contribution is 0.481. The Morgan fingerprint density at radius 2 is 2.18 bits per heavy atom. The highest BCUT2D eigenvalue weighted by molar-refractivity contribution is 6.32. The molecule has 1 fully saturated rings. The summed E-state index contributed by atoms with van der Waals surface area (Å²) in [6.07, 6.45) is 5.41. The van der Waals surface area contributed by atoms with Crippen LogP contribution in [0.3, 0.4) is 0 Å². The molecule has 0 amide bonds. The smallest absolute Gasteiger partial charge is 0.0482 e. The molecule has 0 saturated heterocycles. The Morgan fingerprint density at radius 1 is 1.41 bits per heavy atom. The van der Waals surface area contributed by atoms with E-state index in [0.29, 0.717) is 6.04 Å². The first-order valence-corrected chi connectivity index (χ1v) is 7.08. The summed E-state index contributed by atoms with van der Waals surface area (Å²) in [7, 11) is 0. The fraction of sp³-hybridized carbons (Fsp3) is 0.600. The molecular weight excluding hydrogens is 230 g/mol. The molecule has 17 heavy (non-hydrogen) atoms. The summed E-state index contributed by atoms with van der Waals surface area (Å²) in [5.41, 5.74) is 2.45. The molecule has 94 valence electrons. The van der Waals surface area contributed by atoms with Crippen LogP contribution in [0.25, 0.3) is 0 Å². The van der Waals surface area contributed by atoms with Crippen molar-refractivity contribution in [1.82, 2.24) is 5.32 Å². The molecule has 1 saturated carbocycles. The monoisotopic (exact) mass is 251 g/mol. The lowest BCUT2D eigenvalue weighted by Gasteiger charge is -2.20. The standard InChI is InChI=1S/C15H22ClN/c1-3-17-14(10-9-12-7-8-12)13-6-4-5-11(2)15(13)16/h4-6,12,14,17H,3,7-10H2,1-2H3. The minimum absolute atomic E-state index is 0.424. The fourth-order valence-electron chi connectivity index (χ4n) is 2.36. The molecule has 1 nitrogen and oxygen atoms in total. The first kappa shape index (κ1) is 12.9. The number of hydrogen-bond acceptors (Lipinski definition) is 1. The second-order valence-electron chi connectivity index (χ2n) is 5.11. The van der Waals surface area contributed by atoms with Gasteiger partial charge in [0.2, 0.25) is 0 Å². The Bertz CT molecular complexity index is 371. The highest BCUT2D eigenvalue weighted by Crippen LogP contribution is 2.37. The van der Waals surface area contributed by atoms with Crippen molar-refractivity contribution < 1.29 is 0 Å². The molecule has 1 aromatic rings.